The first-order valence-electron chi connectivity index (χ1n) is 8.86. The number of aromatic nitrogens is 3. The summed E-state index contributed by atoms with van der Waals surface area (Å²) >= 11 is 3.42. The summed E-state index contributed by atoms with van der Waals surface area (Å²) < 4.78 is 2.90. The van der Waals surface area contributed by atoms with Crippen LogP contribution in [0.3, 0.4) is 0 Å². The van der Waals surface area contributed by atoms with Crippen LogP contribution in [0.5, 0.6) is 0 Å². The van der Waals surface area contributed by atoms with Crippen molar-refractivity contribution in [1.82, 2.24) is 25.2 Å². The summed E-state index contributed by atoms with van der Waals surface area (Å²) in [4.78, 5) is 16.3. The number of guanidine groups is 1. The summed E-state index contributed by atoms with van der Waals surface area (Å²) in [5.74, 6) is 1.32. The van der Waals surface area contributed by atoms with E-state index in [0.717, 1.165) is 27.2 Å². The SMILES string of the molecule is CN=C(NCCC(=O)Nc1ccc(Br)cc1C)NCc1nnc2ccccn12.I. The molecule has 0 spiro atoms. The van der Waals surface area contributed by atoms with Gasteiger partial charge >= 0.3 is 0 Å². The maximum Gasteiger partial charge on any atom is 0.226 e. The smallest absolute Gasteiger partial charge is 0.226 e. The number of carbonyl (C=O) groups excluding carboxylic acids is 1. The summed E-state index contributed by atoms with van der Waals surface area (Å²) in [6.07, 6.45) is 2.24. The second-order valence-electron chi connectivity index (χ2n) is 6.16. The van der Waals surface area contributed by atoms with Crippen LogP contribution in [0, 0.1) is 6.92 Å². The van der Waals surface area contributed by atoms with Gasteiger partial charge in [0.25, 0.3) is 0 Å². The van der Waals surface area contributed by atoms with Crippen LogP contribution in [0.15, 0.2) is 52.1 Å². The van der Waals surface area contributed by atoms with E-state index < -0.39 is 0 Å². The third-order valence-electron chi connectivity index (χ3n) is 4.13. The number of nitrogens with zero attached hydrogens (tertiary/aromatic N) is 4. The molecule has 154 valence electrons. The molecule has 2 aromatic heterocycles. The fourth-order valence-electron chi connectivity index (χ4n) is 2.67. The van der Waals surface area contributed by atoms with Crippen LogP contribution >= 0.6 is 39.9 Å². The maximum atomic E-state index is 12.2. The standard InChI is InChI=1S/C19H22BrN7O.HI/c1-13-11-14(20)6-7-15(13)24-18(28)8-9-22-19(21-2)23-12-17-26-25-16-5-3-4-10-27(16)17;/h3-7,10-11H,8-9,12H2,1-2H3,(H,24,28)(H2,21,22,23);1H. The van der Waals surface area contributed by atoms with Crippen LogP contribution in [0.1, 0.15) is 17.8 Å². The molecule has 1 amide bonds. The van der Waals surface area contributed by atoms with Crippen molar-refractivity contribution in [1.29, 1.82) is 0 Å². The molecule has 0 unspecified atom stereocenters. The average molecular weight is 572 g/mol. The average Bonchev–Trinajstić information content (AvgIpc) is 3.10. The molecule has 0 bridgehead atoms. The van der Waals surface area contributed by atoms with Crippen molar-refractivity contribution in [3.8, 4) is 0 Å². The van der Waals surface area contributed by atoms with Gasteiger partial charge in [0.2, 0.25) is 5.91 Å². The third kappa shape index (κ3) is 6.39. The number of hydrogen-bond donors (Lipinski definition) is 3. The van der Waals surface area contributed by atoms with E-state index in [4.69, 9.17) is 0 Å². The van der Waals surface area contributed by atoms with Crippen LogP contribution in [0.25, 0.3) is 5.65 Å². The molecule has 8 nitrogen and oxygen atoms in total. The van der Waals surface area contributed by atoms with E-state index in [1.165, 1.54) is 0 Å². The number of aryl methyl sites for hydroxylation is 1. The molecule has 0 aliphatic rings. The fraction of sp³-hybridized carbons (Fsp3) is 0.263. The second-order valence-corrected chi connectivity index (χ2v) is 7.07. The van der Waals surface area contributed by atoms with Gasteiger partial charge < -0.3 is 16.0 Å². The fourth-order valence-corrected chi connectivity index (χ4v) is 3.14. The molecular formula is C19H23BrIN7O. The van der Waals surface area contributed by atoms with Crippen LogP contribution in [-0.4, -0.2) is 40.1 Å². The van der Waals surface area contributed by atoms with Gasteiger partial charge in [-0.1, -0.05) is 22.0 Å². The number of carbonyl (C=O) groups is 1. The summed E-state index contributed by atoms with van der Waals surface area (Å²) in [5.41, 5.74) is 2.62. The highest BCUT2D eigenvalue weighted by atomic mass is 127. The minimum atomic E-state index is -0.0585. The molecule has 3 rings (SSSR count). The molecule has 10 heteroatoms. The third-order valence-corrected chi connectivity index (χ3v) is 4.62. The lowest BCUT2D eigenvalue weighted by Crippen LogP contribution is -2.38. The Balaban J connectivity index is 0.00000300. The van der Waals surface area contributed by atoms with Gasteiger partial charge in [-0.3, -0.25) is 14.2 Å². The number of halogens is 2. The van der Waals surface area contributed by atoms with Gasteiger partial charge in [-0.25, -0.2) is 0 Å². The van der Waals surface area contributed by atoms with E-state index in [1.54, 1.807) is 7.05 Å². The Kier molecular flexibility index (Phi) is 8.83. The molecule has 0 atom stereocenters. The number of aliphatic imine (C=N–C) groups is 1. The zero-order valence-corrected chi connectivity index (χ0v) is 20.1. The molecular weight excluding hydrogens is 549 g/mol. The van der Waals surface area contributed by atoms with Gasteiger partial charge in [0.05, 0.1) is 6.54 Å². The summed E-state index contributed by atoms with van der Waals surface area (Å²) in [6.45, 7) is 2.88. The number of fused-ring (bicyclic) bond motifs is 1. The molecule has 0 radical (unpaired) electrons. The largest absolute Gasteiger partial charge is 0.356 e. The minimum absolute atomic E-state index is 0. The molecule has 29 heavy (non-hydrogen) atoms. The van der Waals surface area contributed by atoms with Crippen LogP contribution in [-0.2, 0) is 11.3 Å². The van der Waals surface area contributed by atoms with Crippen molar-refractivity contribution in [3.05, 3.63) is 58.5 Å². The molecule has 1 aromatic carbocycles. The number of benzene rings is 1. The van der Waals surface area contributed by atoms with E-state index in [-0.39, 0.29) is 29.9 Å². The molecule has 0 fully saturated rings. The lowest BCUT2D eigenvalue weighted by atomic mass is 10.2. The number of anilines is 1. The van der Waals surface area contributed by atoms with E-state index in [0.29, 0.717) is 25.5 Å². The van der Waals surface area contributed by atoms with Gasteiger partial charge in [0.15, 0.2) is 17.4 Å². The number of nitrogens with one attached hydrogen (secondary N) is 3. The zero-order chi connectivity index (χ0) is 19.9. The maximum absolute atomic E-state index is 12.2. The molecule has 0 saturated heterocycles. The van der Waals surface area contributed by atoms with Crippen molar-refractivity contribution >= 4 is 63.1 Å². The van der Waals surface area contributed by atoms with Crippen LogP contribution in [0.4, 0.5) is 5.69 Å². The summed E-state index contributed by atoms with van der Waals surface area (Å²) in [7, 11) is 1.68. The predicted molar refractivity (Wildman–Crippen MR) is 129 cm³/mol. The molecule has 0 aliphatic heterocycles. The van der Waals surface area contributed by atoms with Gasteiger partial charge in [0.1, 0.15) is 0 Å². The lowest BCUT2D eigenvalue weighted by Gasteiger charge is -2.12. The zero-order valence-electron chi connectivity index (χ0n) is 16.1. The van der Waals surface area contributed by atoms with Gasteiger partial charge in [-0.15, -0.1) is 34.2 Å². The predicted octanol–water partition coefficient (Wildman–Crippen LogP) is 3.11. The van der Waals surface area contributed by atoms with E-state index in [2.05, 4.69) is 47.1 Å². The quantitative estimate of drug-likeness (QED) is 0.240. The topological polar surface area (TPSA) is 95.7 Å². The Hall–Kier alpha value is -2.21. The summed E-state index contributed by atoms with van der Waals surface area (Å²) in [6, 6.07) is 11.5. The molecule has 0 saturated carbocycles. The Morgan fingerprint density at radius 1 is 1.21 bits per heavy atom. The first-order valence-corrected chi connectivity index (χ1v) is 9.65. The van der Waals surface area contributed by atoms with Crippen LogP contribution in [0.2, 0.25) is 0 Å². The number of pyridine rings is 1. The van der Waals surface area contributed by atoms with Crippen molar-refractivity contribution in [2.45, 2.75) is 19.9 Å². The van der Waals surface area contributed by atoms with Crippen LogP contribution < -0.4 is 16.0 Å². The van der Waals surface area contributed by atoms with E-state index in [9.17, 15) is 4.79 Å². The van der Waals surface area contributed by atoms with Gasteiger partial charge in [0, 0.05) is 36.4 Å². The van der Waals surface area contributed by atoms with Crippen molar-refractivity contribution in [2.75, 3.05) is 18.9 Å². The second kappa shape index (κ2) is 11.1. The normalized spacial score (nSPS) is 11.1. The summed E-state index contributed by atoms with van der Waals surface area (Å²) in [5, 5.41) is 17.5. The van der Waals surface area contributed by atoms with Gasteiger partial charge in [-0.05, 0) is 42.8 Å². The molecule has 0 aliphatic carbocycles. The van der Waals surface area contributed by atoms with Crippen molar-refractivity contribution in [2.24, 2.45) is 4.99 Å². The molecule has 2 heterocycles. The van der Waals surface area contributed by atoms with Crippen molar-refractivity contribution < 1.29 is 4.79 Å². The monoisotopic (exact) mass is 571 g/mol. The first kappa shape index (κ1) is 23.1. The number of rotatable bonds is 6. The van der Waals surface area contributed by atoms with E-state index in [1.807, 2.05) is 53.9 Å². The number of amides is 1. The Bertz CT molecular complexity index is 1010. The molecule has 3 N–H and O–H groups in total. The number of hydrogen-bond acceptors (Lipinski definition) is 4. The molecule has 3 aromatic rings. The Morgan fingerprint density at radius 2 is 2.03 bits per heavy atom. The highest BCUT2D eigenvalue weighted by Crippen LogP contribution is 2.20. The minimum Gasteiger partial charge on any atom is -0.356 e. The Morgan fingerprint density at radius 3 is 2.79 bits per heavy atom. The highest BCUT2D eigenvalue weighted by Gasteiger charge is 2.08. The Labute approximate surface area is 194 Å². The lowest BCUT2D eigenvalue weighted by molar-refractivity contribution is -0.116. The highest BCUT2D eigenvalue weighted by molar-refractivity contribution is 14.0. The first-order chi connectivity index (χ1) is 13.6. The van der Waals surface area contributed by atoms with Gasteiger partial charge in [-0.2, -0.15) is 0 Å². The van der Waals surface area contributed by atoms with Crippen molar-refractivity contribution in [3.63, 3.8) is 0 Å². The van der Waals surface area contributed by atoms with E-state index >= 15 is 0 Å².